The van der Waals surface area contributed by atoms with Crippen molar-refractivity contribution in [3.05, 3.63) is 68.7 Å². The molecule has 0 radical (unpaired) electrons. The molecule has 0 aliphatic heterocycles. The second kappa shape index (κ2) is 7.14. The summed E-state index contributed by atoms with van der Waals surface area (Å²) in [6.45, 7) is 0.0537. The predicted molar refractivity (Wildman–Crippen MR) is 85.2 cm³/mol. The highest BCUT2D eigenvalue weighted by molar-refractivity contribution is 6.36. The SMILES string of the molecule is O=C(NCC(O)c1cccc(Cl)c1)c1ccc(Cl)cc1Cl. The van der Waals surface area contributed by atoms with Crippen LogP contribution in [-0.4, -0.2) is 17.6 Å². The number of carbonyl (C=O) groups excluding carboxylic acids is 1. The Morgan fingerprint density at radius 2 is 1.81 bits per heavy atom. The van der Waals surface area contributed by atoms with Gasteiger partial charge in [0.25, 0.3) is 5.91 Å². The van der Waals surface area contributed by atoms with Gasteiger partial charge in [0.1, 0.15) is 0 Å². The zero-order chi connectivity index (χ0) is 15.4. The van der Waals surface area contributed by atoms with Crippen LogP contribution in [0.4, 0.5) is 0 Å². The standard InChI is InChI=1S/C15H12Cl3NO2/c16-10-3-1-2-9(6-10)14(20)8-19-15(21)12-5-4-11(17)7-13(12)18/h1-7,14,20H,8H2,(H,19,21). The lowest BCUT2D eigenvalue weighted by Gasteiger charge is -2.13. The van der Waals surface area contributed by atoms with Gasteiger partial charge in [-0.25, -0.2) is 0 Å². The molecule has 1 unspecified atom stereocenters. The maximum Gasteiger partial charge on any atom is 0.252 e. The lowest BCUT2D eigenvalue weighted by atomic mass is 10.1. The van der Waals surface area contributed by atoms with Crippen LogP contribution in [0, 0.1) is 0 Å². The highest BCUT2D eigenvalue weighted by atomic mass is 35.5. The molecule has 0 aliphatic carbocycles. The number of aliphatic hydroxyl groups excluding tert-OH is 1. The second-order valence-corrected chi connectivity index (χ2v) is 5.69. The van der Waals surface area contributed by atoms with Gasteiger partial charge in [-0.2, -0.15) is 0 Å². The lowest BCUT2D eigenvalue weighted by molar-refractivity contribution is 0.0916. The fraction of sp³-hybridized carbons (Fsp3) is 0.133. The largest absolute Gasteiger partial charge is 0.387 e. The molecule has 0 fully saturated rings. The Morgan fingerprint density at radius 1 is 1.10 bits per heavy atom. The Kier molecular flexibility index (Phi) is 5.48. The van der Waals surface area contributed by atoms with E-state index in [1.165, 1.54) is 12.1 Å². The number of amides is 1. The van der Waals surface area contributed by atoms with Gasteiger partial charge in [0.2, 0.25) is 0 Å². The molecule has 0 aromatic heterocycles. The van der Waals surface area contributed by atoms with Crippen molar-refractivity contribution < 1.29 is 9.90 Å². The summed E-state index contributed by atoms with van der Waals surface area (Å²) in [6.07, 6.45) is -0.848. The molecule has 1 amide bonds. The van der Waals surface area contributed by atoms with E-state index in [9.17, 15) is 9.90 Å². The fourth-order valence-electron chi connectivity index (χ4n) is 1.79. The second-order valence-electron chi connectivity index (χ2n) is 4.40. The first-order valence-electron chi connectivity index (χ1n) is 6.14. The third-order valence-corrected chi connectivity index (χ3v) is 3.65. The van der Waals surface area contributed by atoms with Gasteiger partial charge < -0.3 is 10.4 Å². The Bertz CT molecular complexity index is 661. The summed E-state index contributed by atoms with van der Waals surface area (Å²) in [5.74, 6) is -0.377. The Labute approximate surface area is 137 Å². The molecule has 0 heterocycles. The van der Waals surface area contributed by atoms with Crippen LogP contribution in [0.5, 0.6) is 0 Å². The number of benzene rings is 2. The van der Waals surface area contributed by atoms with Crippen molar-refractivity contribution in [3.63, 3.8) is 0 Å². The molecule has 6 heteroatoms. The molecule has 110 valence electrons. The van der Waals surface area contributed by atoms with Gasteiger partial charge in [-0.05, 0) is 35.9 Å². The summed E-state index contributed by atoms with van der Waals surface area (Å²) in [4.78, 5) is 12.0. The molecule has 0 saturated carbocycles. The van der Waals surface area contributed by atoms with E-state index in [2.05, 4.69) is 5.32 Å². The molecular formula is C15H12Cl3NO2. The normalized spacial score (nSPS) is 12.0. The van der Waals surface area contributed by atoms with Crippen LogP contribution in [0.1, 0.15) is 22.0 Å². The summed E-state index contributed by atoms with van der Waals surface area (Å²) in [5.41, 5.74) is 0.935. The highest BCUT2D eigenvalue weighted by Crippen LogP contribution is 2.21. The summed E-state index contributed by atoms with van der Waals surface area (Å²) in [6, 6.07) is 11.4. The summed E-state index contributed by atoms with van der Waals surface area (Å²) in [7, 11) is 0. The van der Waals surface area contributed by atoms with E-state index < -0.39 is 6.10 Å². The number of nitrogens with one attached hydrogen (secondary N) is 1. The van der Waals surface area contributed by atoms with E-state index in [0.29, 0.717) is 21.2 Å². The van der Waals surface area contributed by atoms with E-state index in [0.717, 1.165) is 0 Å². The van der Waals surface area contributed by atoms with Crippen molar-refractivity contribution in [3.8, 4) is 0 Å². The third-order valence-electron chi connectivity index (χ3n) is 2.87. The Balaban J connectivity index is 2.00. The van der Waals surface area contributed by atoms with Gasteiger partial charge in [-0.15, -0.1) is 0 Å². The van der Waals surface area contributed by atoms with Crippen LogP contribution < -0.4 is 5.32 Å². The number of halogens is 3. The lowest BCUT2D eigenvalue weighted by Crippen LogP contribution is -2.28. The minimum Gasteiger partial charge on any atom is -0.387 e. The maximum atomic E-state index is 12.0. The van der Waals surface area contributed by atoms with Crippen molar-refractivity contribution in [1.29, 1.82) is 0 Å². The molecule has 0 bridgehead atoms. The van der Waals surface area contributed by atoms with Crippen molar-refractivity contribution in [2.45, 2.75) is 6.10 Å². The molecule has 0 aliphatic rings. The Hall–Kier alpha value is -1.26. The molecular weight excluding hydrogens is 333 g/mol. The maximum absolute atomic E-state index is 12.0. The minimum atomic E-state index is -0.848. The van der Waals surface area contributed by atoms with E-state index in [4.69, 9.17) is 34.8 Å². The first-order valence-corrected chi connectivity index (χ1v) is 7.27. The molecule has 2 aromatic rings. The number of aliphatic hydroxyl groups is 1. The number of hydrogen-bond donors (Lipinski definition) is 2. The first kappa shape index (κ1) is 16.1. The van der Waals surface area contributed by atoms with Crippen molar-refractivity contribution in [1.82, 2.24) is 5.32 Å². The minimum absolute atomic E-state index is 0.0537. The van der Waals surface area contributed by atoms with Crippen LogP contribution >= 0.6 is 34.8 Å². The zero-order valence-electron chi connectivity index (χ0n) is 10.8. The molecule has 2 aromatic carbocycles. The average Bonchev–Trinajstić information content (AvgIpc) is 2.44. The summed E-state index contributed by atoms with van der Waals surface area (Å²) < 4.78 is 0. The molecule has 0 saturated heterocycles. The summed E-state index contributed by atoms with van der Waals surface area (Å²) in [5, 5.41) is 13.9. The Morgan fingerprint density at radius 3 is 2.48 bits per heavy atom. The molecule has 2 rings (SSSR count). The van der Waals surface area contributed by atoms with Crippen LogP contribution in [0.25, 0.3) is 0 Å². The van der Waals surface area contributed by atoms with Crippen LogP contribution in [0.15, 0.2) is 42.5 Å². The van der Waals surface area contributed by atoms with Crippen molar-refractivity contribution in [2.75, 3.05) is 6.54 Å². The van der Waals surface area contributed by atoms with Gasteiger partial charge in [0.05, 0.1) is 16.7 Å². The van der Waals surface area contributed by atoms with Crippen LogP contribution in [0.3, 0.4) is 0 Å². The summed E-state index contributed by atoms with van der Waals surface area (Å²) >= 11 is 17.6. The third kappa shape index (κ3) is 4.35. The van der Waals surface area contributed by atoms with E-state index in [1.54, 1.807) is 30.3 Å². The van der Waals surface area contributed by atoms with Crippen LogP contribution in [0.2, 0.25) is 15.1 Å². The predicted octanol–water partition coefficient (Wildman–Crippen LogP) is 4.11. The van der Waals surface area contributed by atoms with Gasteiger partial charge in [0, 0.05) is 16.6 Å². The van der Waals surface area contributed by atoms with E-state index in [1.807, 2.05) is 0 Å². The molecule has 2 N–H and O–H groups in total. The number of carbonyl (C=O) groups is 1. The topological polar surface area (TPSA) is 49.3 Å². The average molecular weight is 345 g/mol. The van der Waals surface area contributed by atoms with Gasteiger partial charge in [-0.1, -0.05) is 46.9 Å². The van der Waals surface area contributed by atoms with E-state index in [-0.39, 0.29) is 17.5 Å². The molecule has 21 heavy (non-hydrogen) atoms. The number of rotatable bonds is 4. The van der Waals surface area contributed by atoms with Gasteiger partial charge in [-0.3, -0.25) is 4.79 Å². The van der Waals surface area contributed by atoms with E-state index >= 15 is 0 Å². The van der Waals surface area contributed by atoms with Gasteiger partial charge >= 0.3 is 0 Å². The quantitative estimate of drug-likeness (QED) is 0.877. The number of hydrogen-bond acceptors (Lipinski definition) is 2. The molecule has 3 nitrogen and oxygen atoms in total. The molecule has 1 atom stereocenters. The van der Waals surface area contributed by atoms with Gasteiger partial charge in [0.15, 0.2) is 0 Å². The first-order chi connectivity index (χ1) is 9.97. The smallest absolute Gasteiger partial charge is 0.252 e. The monoisotopic (exact) mass is 343 g/mol. The highest BCUT2D eigenvalue weighted by Gasteiger charge is 2.13. The van der Waals surface area contributed by atoms with Crippen LogP contribution in [-0.2, 0) is 0 Å². The van der Waals surface area contributed by atoms with Crippen molar-refractivity contribution >= 4 is 40.7 Å². The molecule has 0 spiro atoms. The zero-order valence-corrected chi connectivity index (χ0v) is 13.1. The fourth-order valence-corrected chi connectivity index (χ4v) is 2.48. The van der Waals surface area contributed by atoms with Crippen molar-refractivity contribution in [2.24, 2.45) is 0 Å².